The minimum absolute atomic E-state index is 0.000642. The van der Waals surface area contributed by atoms with Crippen LogP contribution in [0, 0.1) is 0 Å². The van der Waals surface area contributed by atoms with E-state index in [-0.39, 0.29) is 115 Å². The summed E-state index contributed by atoms with van der Waals surface area (Å²) >= 11 is 0. The Bertz CT molecular complexity index is 2590. The van der Waals surface area contributed by atoms with Crippen molar-refractivity contribution in [1.29, 1.82) is 0 Å². The summed E-state index contributed by atoms with van der Waals surface area (Å²) in [4.78, 5) is 112. The smallest absolute Gasteiger partial charge is 0.307 e. The Labute approximate surface area is 337 Å². The van der Waals surface area contributed by atoms with Crippen LogP contribution in [-0.2, 0) is 64.0 Å². The lowest BCUT2D eigenvalue weighted by atomic mass is 9.95. The molecule has 0 atom stereocenters. The van der Waals surface area contributed by atoms with Crippen LogP contribution in [0.1, 0.15) is 96.4 Å². The molecule has 60 heavy (non-hydrogen) atoms. The standard InChI is InChI=1S/C40H38N4O16/c45-33(46)5-1-17-21(9-37(53)54)29-14-27-19(3-7-35(49)50)22(10-38(55)56)30(43-27)15-28-20(4-8-36(51)52)24(12-40(59)60)32(44-28)16-31-23(11-39(57)58)18(2-6-34(47)48)26(42-31)13-25(17)41-29/h13-16,41-42H,1-12H2,(H,45,46)(H,47,48)(H,49,50)(H,51,52)(H,53,54)(H,55,56)(H,57,58)(H,59,60). The third kappa shape index (κ3) is 10.4. The first-order chi connectivity index (χ1) is 28.3. The van der Waals surface area contributed by atoms with Crippen LogP contribution >= 0.6 is 0 Å². The van der Waals surface area contributed by atoms with Gasteiger partial charge in [0.05, 0.1) is 48.5 Å². The van der Waals surface area contributed by atoms with Crippen LogP contribution in [0.5, 0.6) is 0 Å². The van der Waals surface area contributed by atoms with E-state index >= 15 is 0 Å². The highest BCUT2D eigenvalue weighted by Gasteiger charge is 2.28. The second-order valence-electron chi connectivity index (χ2n) is 13.9. The Kier molecular flexibility index (Phi) is 13.3. The first kappa shape index (κ1) is 43.5. The molecule has 0 amide bonds. The summed E-state index contributed by atoms with van der Waals surface area (Å²) in [5, 5.41) is 78.6. The molecular weight excluding hydrogens is 792 g/mol. The van der Waals surface area contributed by atoms with Gasteiger partial charge in [0.25, 0.3) is 0 Å². The van der Waals surface area contributed by atoms with Gasteiger partial charge in [0.15, 0.2) is 0 Å². The monoisotopic (exact) mass is 830 g/mol. The maximum Gasteiger partial charge on any atom is 0.307 e. The second kappa shape index (κ2) is 18.3. The molecule has 0 saturated heterocycles. The number of H-pyrrole nitrogens is 2. The average Bonchev–Trinajstić information content (AvgIpc) is 3.81. The molecular formula is C40H38N4O16. The van der Waals surface area contributed by atoms with Crippen molar-refractivity contribution in [2.24, 2.45) is 0 Å². The number of rotatable bonds is 20. The Balaban J connectivity index is 2.09. The first-order valence-electron chi connectivity index (χ1n) is 18.3. The predicted molar refractivity (Wildman–Crippen MR) is 207 cm³/mol. The molecule has 10 N–H and O–H groups in total. The highest BCUT2D eigenvalue weighted by Crippen LogP contribution is 2.40. The fourth-order valence-corrected chi connectivity index (χ4v) is 7.37. The van der Waals surface area contributed by atoms with Crippen LogP contribution in [0.25, 0.3) is 44.4 Å². The van der Waals surface area contributed by atoms with E-state index in [1.807, 2.05) is 0 Å². The van der Waals surface area contributed by atoms with Gasteiger partial charge in [-0.1, -0.05) is 0 Å². The number of aromatic nitrogens is 4. The molecule has 20 heteroatoms. The minimum Gasteiger partial charge on any atom is -0.481 e. The molecule has 2 aliphatic rings. The number of aromatic amines is 2. The number of hydrogen-bond donors (Lipinski definition) is 10. The largest absolute Gasteiger partial charge is 0.481 e. The summed E-state index contributed by atoms with van der Waals surface area (Å²) in [7, 11) is 0. The van der Waals surface area contributed by atoms with E-state index in [0.717, 1.165) is 0 Å². The number of carboxylic acids is 8. The molecule has 3 aromatic heterocycles. The van der Waals surface area contributed by atoms with Gasteiger partial charge in [-0.3, -0.25) is 38.4 Å². The Morgan fingerprint density at radius 1 is 0.350 bits per heavy atom. The van der Waals surface area contributed by atoms with Crippen LogP contribution < -0.4 is 0 Å². The van der Waals surface area contributed by atoms with Gasteiger partial charge in [-0.05, 0) is 94.5 Å². The van der Waals surface area contributed by atoms with E-state index in [0.29, 0.717) is 0 Å². The SMILES string of the molecule is O=C(O)CCC1=C(CC(=O)O)c2cc3nc(cc4[nH]c(cc5[nH]c(cc1n2)c(CC(=O)O)c5CCC(=O)O)c(CCC(=O)O)c4CC(=O)O)C(CC(=O)O)=C3CCC(=O)O. The number of allylic oxidation sites excluding steroid dienone is 2. The number of carboxylic acid groups (broad SMARTS) is 8. The number of aliphatic carboxylic acids is 8. The lowest BCUT2D eigenvalue weighted by Gasteiger charge is -2.07. The molecule has 0 saturated carbocycles. The summed E-state index contributed by atoms with van der Waals surface area (Å²) in [5.74, 6) is -10.3. The van der Waals surface area contributed by atoms with E-state index < -0.39 is 99.1 Å². The van der Waals surface area contributed by atoms with Crippen molar-refractivity contribution in [1.82, 2.24) is 19.9 Å². The van der Waals surface area contributed by atoms with Gasteiger partial charge in [0, 0.05) is 47.8 Å². The van der Waals surface area contributed by atoms with E-state index in [1.54, 1.807) is 0 Å². The molecule has 8 bridgehead atoms. The Morgan fingerprint density at radius 2 is 0.650 bits per heavy atom. The number of hydrogen-bond acceptors (Lipinski definition) is 10. The third-order valence-electron chi connectivity index (χ3n) is 9.81. The summed E-state index contributed by atoms with van der Waals surface area (Å²) in [6.45, 7) is 0. The van der Waals surface area contributed by atoms with Crippen LogP contribution in [0.4, 0.5) is 0 Å². The summed E-state index contributed by atoms with van der Waals surface area (Å²) in [5.41, 5.74) is 1.10. The minimum atomic E-state index is -1.35. The van der Waals surface area contributed by atoms with E-state index in [2.05, 4.69) is 19.9 Å². The van der Waals surface area contributed by atoms with Gasteiger partial charge in [0.2, 0.25) is 0 Å². The van der Waals surface area contributed by atoms with E-state index in [4.69, 9.17) is 0 Å². The normalized spacial score (nSPS) is 12.4. The van der Waals surface area contributed by atoms with E-state index in [1.165, 1.54) is 24.3 Å². The van der Waals surface area contributed by atoms with E-state index in [9.17, 15) is 79.2 Å². The van der Waals surface area contributed by atoms with Gasteiger partial charge >= 0.3 is 47.8 Å². The lowest BCUT2D eigenvalue weighted by molar-refractivity contribution is -0.138. The van der Waals surface area contributed by atoms with Crippen molar-refractivity contribution in [2.45, 2.75) is 77.0 Å². The Hall–Kier alpha value is -7.64. The molecule has 0 unspecified atom stereocenters. The number of nitrogens with one attached hydrogen (secondary N) is 2. The molecule has 2 aliphatic heterocycles. The summed E-state index contributed by atoms with van der Waals surface area (Å²) < 4.78 is 0. The highest BCUT2D eigenvalue weighted by molar-refractivity contribution is 6.02. The molecule has 0 spiro atoms. The maximum atomic E-state index is 12.3. The van der Waals surface area contributed by atoms with Crippen molar-refractivity contribution in [3.63, 3.8) is 0 Å². The maximum absolute atomic E-state index is 12.3. The zero-order valence-electron chi connectivity index (χ0n) is 31.5. The summed E-state index contributed by atoms with van der Waals surface area (Å²) in [6.07, 6.45) is -5.73. The molecule has 0 fully saturated rings. The van der Waals surface area contributed by atoms with Crippen LogP contribution in [0.15, 0.2) is 24.3 Å². The van der Waals surface area contributed by atoms with Gasteiger partial charge in [-0.25, -0.2) is 9.97 Å². The second-order valence-corrected chi connectivity index (χ2v) is 13.9. The van der Waals surface area contributed by atoms with Gasteiger partial charge in [0.1, 0.15) is 0 Å². The first-order valence-corrected chi connectivity index (χ1v) is 18.3. The van der Waals surface area contributed by atoms with Gasteiger partial charge in [-0.2, -0.15) is 0 Å². The lowest BCUT2D eigenvalue weighted by Crippen LogP contribution is -2.04. The van der Waals surface area contributed by atoms with Crippen molar-refractivity contribution in [2.75, 3.05) is 0 Å². The van der Waals surface area contributed by atoms with Crippen molar-refractivity contribution >= 4 is 92.1 Å². The third-order valence-corrected chi connectivity index (χ3v) is 9.81. The zero-order chi connectivity index (χ0) is 44.0. The topological polar surface area (TPSA) is 356 Å². The molecule has 314 valence electrons. The molecule has 0 aromatic carbocycles. The van der Waals surface area contributed by atoms with Gasteiger partial charge in [-0.15, -0.1) is 0 Å². The molecule has 0 radical (unpaired) electrons. The van der Waals surface area contributed by atoms with Crippen LogP contribution in [-0.4, -0.2) is 109 Å². The van der Waals surface area contributed by atoms with Crippen LogP contribution in [0.3, 0.4) is 0 Å². The Morgan fingerprint density at radius 3 is 1.00 bits per heavy atom. The van der Waals surface area contributed by atoms with Crippen molar-refractivity contribution in [3.8, 4) is 0 Å². The fraction of sp³-hybridized carbons (Fsp3) is 0.300. The molecule has 0 aliphatic carbocycles. The van der Waals surface area contributed by atoms with Crippen LogP contribution in [0.2, 0.25) is 0 Å². The zero-order valence-corrected chi connectivity index (χ0v) is 31.5. The molecule has 5 heterocycles. The molecule has 20 nitrogen and oxygen atoms in total. The predicted octanol–water partition coefficient (Wildman–Crippen LogP) is 4.10. The number of fused-ring (bicyclic) bond motifs is 8. The number of nitrogens with zero attached hydrogens (tertiary/aromatic N) is 2. The number of carbonyl (C=O) groups is 8. The van der Waals surface area contributed by atoms with Crippen molar-refractivity contribution < 1.29 is 79.2 Å². The summed E-state index contributed by atoms with van der Waals surface area (Å²) in [6, 6.07) is 5.39. The quantitative estimate of drug-likeness (QED) is 0.0766. The van der Waals surface area contributed by atoms with Gasteiger partial charge < -0.3 is 50.8 Å². The average molecular weight is 831 g/mol. The van der Waals surface area contributed by atoms with Crippen molar-refractivity contribution in [3.05, 3.63) is 69.3 Å². The molecule has 3 aromatic rings. The fourth-order valence-electron chi connectivity index (χ4n) is 7.37. The highest BCUT2D eigenvalue weighted by atomic mass is 16.4. The molecule has 5 rings (SSSR count). The number of aryl methyl sites for hydroxylation is 2.